The van der Waals surface area contributed by atoms with Gasteiger partial charge in [0.25, 0.3) is 5.56 Å². The summed E-state index contributed by atoms with van der Waals surface area (Å²) in [5.74, 6) is -2.13. The molecule has 4 rings (SSSR count). The van der Waals surface area contributed by atoms with Gasteiger partial charge in [0.05, 0.1) is 12.6 Å². The maximum Gasteiger partial charge on any atom is 0.331 e. The van der Waals surface area contributed by atoms with Crippen LogP contribution in [0.1, 0.15) is 55.3 Å². The van der Waals surface area contributed by atoms with Crippen LogP contribution in [-0.2, 0) is 23.2 Å². The molecular weight excluding hydrogens is 506 g/mol. The maximum absolute atomic E-state index is 15.4. The van der Waals surface area contributed by atoms with Crippen LogP contribution in [0.2, 0.25) is 0 Å². The van der Waals surface area contributed by atoms with E-state index in [0.29, 0.717) is 24.1 Å². The highest BCUT2D eigenvalue weighted by molar-refractivity contribution is 5.92. The third-order valence-electron chi connectivity index (χ3n) is 7.10. The Morgan fingerprint density at radius 1 is 1.10 bits per heavy atom. The average Bonchev–Trinajstić information content (AvgIpc) is 3.44. The lowest BCUT2D eigenvalue weighted by Gasteiger charge is -2.22. The fraction of sp³-hybridized carbons (Fsp3) is 0.379. The third kappa shape index (κ3) is 5.90. The van der Waals surface area contributed by atoms with E-state index in [1.54, 1.807) is 12.1 Å². The molecule has 3 aromatic rings. The van der Waals surface area contributed by atoms with E-state index in [0.717, 1.165) is 21.6 Å². The predicted molar refractivity (Wildman–Crippen MR) is 143 cm³/mol. The van der Waals surface area contributed by atoms with Gasteiger partial charge in [-0.1, -0.05) is 38.1 Å². The lowest BCUT2D eigenvalue weighted by Crippen LogP contribution is -2.46. The van der Waals surface area contributed by atoms with Crippen molar-refractivity contribution in [1.29, 1.82) is 0 Å². The van der Waals surface area contributed by atoms with Gasteiger partial charge in [-0.25, -0.2) is 13.6 Å². The molecule has 1 aromatic heterocycles. The molecule has 2 N–H and O–H groups in total. The van der Waals surface area contributed by atoms with Gasteiger partial charge in [-0.05, 0) is 61.1 Å². The summed E-state index contributed by atoms with van der Waals surface area (Å²) in [6, 6.07) is 6.88. The number of nitrogens with one attached hydrogen (secondary N) is 2. The zero-order valence-corrected chi connectivity index (χ0v) is 22.4. The van der Waals surface area contributed by atoms with Crippen molar-refractivity contribution in [3.63, 3.8) is 0 Å². The van der Waals surface area contributed by atoms with Crippen LogP contribution in [-0.4, -0.2) is 33.4 Å². The average molecular weight is 539 g/mol. The van der Waals surface area contributed by atoms with Crippen LogP contribution >= 0.6 is 0 Å². The molecule has 1 aliphatic rings. The van der Waals surface area contributed by atoms with Crippen LogP contribution in [0.4, 0.5) is 8.78 Å². The predicted octanol–water partition coefficient (Wildman–Crippen LogP) is 3.10. The minimum Gasteiger partial charge on any atom is -0.341 e. The Morgan fingerprint density at radius 3 is 2.46 bits per heavy atom. The van der Waals surface area contributed by atoms with Gasteiger partial charge >= 0.3 is 5.69 Å². The Kier molecular flexibility index (Phi) is 8.25. The van der Waals surface area contributed by atoms with Crippen LogP contribution in [0.5, 0.6) is 0 Å². The summed E-state index contributed by atoms with van der Waals surface area (Å²) in [6.45, 7) is 5.48. The Balaban J connectivity index is 1.69. The van der Waals surface area contributed by atoms with Gasteiger partial charge in [0.15, 0.2) is 5.78 Å². The quantitative estimate of drug-likeness (QED) is 0.459. The van der Waals surface area contributed by atoms with Crippen LogP contribution in [0.25, 0.3) is 11.1 Å². The normalized spacial score (nSPS) is 15.9. The molecule has 0 bridgehead atoms. The standard InChI is InChI=1S/C29H32F2N4O4/c1-16(2)20-9-7-18(12-22(20)30)21-10-8-19(13-23(21)31)26(33-27(37)24-6-5-11-32-24)25(36)15-35-14-17(3)28(38)34(4)29(35)39/h7-10,12-14,16,24,26,32H,5-6,11,15H2,1-4H3,(H,33,37). The Hall–Kier alpha value is -3.92. The molecule has 1 amide bonds. The van der Waals surface area contributed by atoms with Gasteiger partial charge in [0.2, 0.25) is 5.91 Å². The molecule has 2 aromatic carbocycles. The zero-order chi connectivity index (χ0) is 28.4. The molecule has 2 atom stereocenters. The number of halogens is 2. The Morgan fingerprint density at radius 2 is 1.85 bits per heavy atom. The number of benzene rings is 2. The number of hydrogen-bond acceptors (Lipinski definition) is 5. The van der Waals surface area contributed by atoms with E-state index in [2.05, 4.69) is 10.6 Å². The number of rotatable bonds is 8. The van der Waals surface area contributed by atoms with Crippen molar-refractivity contribution < 1.29 is 18.4 Å². The van der Waals surface area contributed by atoms with Crippen molar-refractivity contribution in [3.05, 3.63) is 91.8 Å². The van der Waals surface area contributed by atoms with Crippen LogP contribution in [0.15, 0.2) is 52.2 Å². The van der Waals surface area contributed by atoms with Gasteiger partial charge in [0.1, 0.15) is 17.7 Å². The number of ketones is 1. The summed E-state index contributed by atoms with van der Waals surface area (Å²) in [6.07, 6.45) is 2.69. The van der Waals surface area contributed by atoms with Gasteiger partial charge in [-0.15, -0.1) is 0 Å². The molecule has 1 fully saturated rings. The second-order valence-electron chi connectivity index (χ2n) is 10.3. The Bertz CT molecular complexity index is 1540. The van der Waals surface area contributed by atoms with Gasteiger partial charge in [-0.2, -0.15) is 0 Å². The SMILES string of the molecule is Cc1cn(CC(=O)C(NC(=O)C2CCCN2)c2ccc(-c3ccc(C(C)C)c(F)c3)c(F)c2)c(=O)n(C)c1=O. The first-order chi connectivity index (χ1) is 18.5. The van der Waals surface area contributed by atoms with Crippen molar-refractivity contribution in [2.75, 3.05) is 6.54 Å². The first kappa shape index (κ1) is 28.1. The summed E-state index contributed by atoms with van der Waals surface area (Å²) in [4.78, 5) is 51.1. The maximum atomic E-state index is 15.4. The largest absolute Gasteiger partial charge is 0.341 e. The van der Waals surface area contributed by atoms with E-state index in [4.69, 9.17) is 0 Å². The summed E-state index contributed by atoms with van der Waals surface area (Å²) in [5, 5.41) is 5.77. The summed E-state index contributed by atoms with van der Waals surface area (Å²) in [5.41, 5.74) is 0.302. The molecule has 0 spiro atoms. The van der Waals surface area contributed by atoms with E-state index in [-0.39, 0.29) is 22.6 Å². The first-order valence-corrected chi connectivity index (χ1v) is 12.9. The monoisotopic (exact) mass is 538 g/mol. The molecule has 206 valence electrons. The van der Waals surface area contributed by atoms with Gasteiger partial charge in [0, 0.05) is 24.4 Å². The molecule has 1 saturated heterocycles. The van der Waals surface area contributed by atoms with Crippen molar-refractivity contribution in [2.24, 2.45) is 7.05 Å². The number of aryl methyl sites for hydroxylation is 1. The van der Waals surface area contributed by atoms with E-state index >= 15 is 4.39 Å². The van der Waals surface area contributed by atoms with Gasteiger partial charge < -0.3 is 10.6 Å². The van der Waals surface area contributed by atoms with Crippen molar-refractivity contribution in [1.82, 2.24) is 19.8 Å². The molecule has 1 aliphatic heterocycles. The van der Waals surface area contributed by atoms with Crippen molar-refractivity contribution >= 4 is 11.7 Å². The number of amides is 1. The number of carbonyl (C=O) groups is 2. The minimum absolute atomic E-state index is 0.0284. The lowest BCUT2D eigenvalue weighted by molar-refractivity contribution is -0.129. The minimum atomic E-state index is -1.26. The molecule has 0 aliphatic carbocycles. The van der Waals surface area contributed by atoms with Crippen LogP contribution in [0, 0.1) is 18.6 Å². The second-order valence-corrected chi connectivity index (χ2v) is 10.3. The highest BCUT2D eigenvalue weighted by atomic mass is 19.1. The smallest absolute Gasteiger partial charge is 0.331 e. The molecule has 8 nitrogen and oxygen atoms in total. The van der Waals surface area contributed by atoms with Crippen LogP contribution in [0.3, 0.4) is 0 Å². The van der Waals surface area contributed by atoms with Crippen LogP contribution < -0.4 is 21.9 Å². The van der Waals surface area contributed by atoms with Crippen molar-refractivity contribution in [3.8, 4) is 11.1 Å². The molecule has 0 saturated carbocycles. The molecule has 10 heteroatoms. The zero-order valence-electron chi connectivity index (χ0n) is 22.4. The summed E-state index contributed by atoms with van der Waals surface area (Å²) >= 11 is 0. The molecule has 39 heavy (non-hydrogen) atoms. The second kappa shape index (κ2) is 11.4. The lowest BCUT2D eigenvalue weighted by atomic mass is 9.95. The third-order valence-corrected chi connectivity index (χ3v) is 7.10. The fourth-order valence-electron chi connectivity index (χ4n) is 4.87. The molecule has 2 unspecified atom stereocenters. The highest BCUT2D eigenvalue weighted by Gasteiger charge is 2.29. The van der Waals surface area contributed by atoms with E-state index in [1.165, 1.54) is 38.4 Å². The number of nitrogens with zero attached hydrogens (tertiary/aromatic N) is 2. The topological polar surface area (TPSA) is 102 Å². The number of hydrogen-bond donors (Lipinski definition) is 2. The number of Topliss-reactive ketones (excluding diaryl/α,β-unsaturated/α-hetero) is 1. The fourth-order valence-corrected chi connectivity index (χ4v) is 4.87. The number of carbonyl (C=O) groups excluding carboxylic acids is 2. The summed E-state index contributed by atoms with van der Waals surface area (Å²) < 4.78 is 31.9. The van der Waals surface area contributed by atoms with E-state index in [9.17, 15) is 23.6 Å². The molecular formula is C29H32F2N4O4. The van der Waals surface area contributed by atoms with E-state index < -0.39 is 53.2 Å². The molecule has 0 radical (unpaired) electrons. The van der Waals surface area contributed by atoms with Crippen molar-refractivity contribution in [2.45, 2.75) is 58.2 Å². The van der Waals surface area contributed by atoms with E-state index in [1.807, 2.05) is 13.8 Å². The first-order valence-electron chi connectivity index (χ1n) is 12.9. The molecule has 2 heterocycles. The Labute approximate surface area is 224 Å². The summed E-state index contributed by atoms with van der Waals surface area (Å²) in [7, 11) is 1.31. The highest BCUT2D eigenvalue weighted by Crippen LogP contribution is 2.29. The number of aromatic nitrogens is 2. The van der Waals surface area contributed by atoms with Gasteiger partial charge in [-0.3, -0.25) is 23.5 Å².